The Morgan fingerprint density at radius 2 is 2.17 bits per heavy atom. The number of nitrogens with zero attached hydrogens (tertiary/aromatic N) is 2. The summed E-state index contributed by atoms with van der Waals surface area (Å²) < 4.78 is 6.32. The van der Waals surface area contributed by atoms with Crippen LogP contribution in [0.2, 0.25) is 5.02 Å². The first-order chi connectivity index (χ1) is 8.58. The largest absolute Gasteiger partial charge is 0.334 e. The van der Waals surface area contributed by atoms with Crippen molar-refractivity contribution in [3.63, 3.8) is 0 Å². The van der Waals surface area contributed by atoms with E-state index in [9.17, 15) is 0 Å². The fraction of sp³-hybridized carbons (Fsp3) is 0.333. The van der Waals surface area contributed by atoms with Gasteiger partial charge in [0, 0.05) is 8.59 Å². The van der Waals surface area contributed by atoms with Crippen molar-refractivity contribution < 1.29 is 4.52 Å². The van der Waals surface area contributed by atoms with E-state index < -0.39 is 5.54 Å². The second kappa shape index (κ2) is 4.47. The number of hydrogen-bond donors (Lipinski definition) is 1. The molecule has 0 atom stereocenters. The van der Waals surface area contributed by atoms with Gasteiger partial charge in [-0.15, -0.1) is 0 Å². The van der Waals surface area contributed by atoms with Crippen molar-refractivity contribution in [1.82, 2.24) is 10.1 Å². The summed E-state index contributed by atoms with van der Waals surface area (Å²) in [5, 5.41) is 4.65. The number of halogens is 2. The van der Waals surface area contributed by atoms with Crippen LogP contribution in [0.1, 0.15) is 25.1 Å². The summed E-state index contributed by atoms with van der Waals surface area (Å²) in [6.45, 7) is 0. The maximum atomic E-state index is 6.17. The highest BCUT2D eigenvalue weighted by Crippen LogP contribution is 2.38. The Kier molecular flexibility index (Phi) is 3.07. The van der Waals surface area contributed by atoms with Gasteiger partial charge in [-0.2, -0.15) is 4.98 Å². The van der Waals surface area contributed by atoms with E-state index in [1.54, 1.807) is 0 Å². The average molecular weight is 376 g/mol. The molecule has 1 aliphatic rings. The number of benzene rings is 1. The first-order valence-corrected chi connectivity index (χ1v) is 7.13. The first kappa shape index (κ1) is 12.4. The fourth-order valence-electron chi connectivity index (χ4n) is 1.98. The van der Waals surface area contributed by atoms with Gasteiger partial charge < -0.3 is 10.3 Å². The van der Waals surface area contributed by atoms with Gasteiger partial charge in [-0.05, 0) is 60.1 Å². The molecule has 18 heavy (non-hydrogen) atoms. The Balaban J connectivity index is 2.00. The van der Waals surface area contributed by atoms with Gasteiger partial charge in [0.25, 0.3) is 5.89 Å². The van der Waals surface area contributed by atoms with Gasteiger partial charge in [-0.3, -0.25) is 0 Å². The Labute approximate surface area is 123 Å². The summed E-state index contributed by atoms with van der Waals surface area (Å²) in [6.07, 6.45) is 2.95. The Morgan fingerprint density at radius 1 is 1.39 bits per heavy atom. The molecule has 0 saturated heterocycles. The van der Waals surface area contributed by atoms with Crippen LogP contribution in [0.25, 0.3) is 11.5 Å². The molecule has 1 aliphatic carbocycles. The van der Waals surface area contributed by atoms with Gasteiger partial charge in [-0.25, -0.2) is 0 Å². The molecular formula is C12H11ClIN3O. The maximum Gasteiger partial charge on any atom is 0.259 e. The van der Waals surface area contributed by atoms with Crippen LogP contribution in [-0.2, 0) is 5.54 Å². The van der Waals surface area contributed by atoms with E-state index in [-0.39, 0.29) is 0 Å². The van der Waals surface area contributed by atoms with E-state index in [0.29, 0.717) is 16.7 Å². The molecule has 0 unspecified atom stereocenters. The molecule has 3 rings (SSSR count). The standard InChI is InChI=1S/C12H11ClIN3O/c13-7-2-3-9(14)8(6-7)10-16-11(17-18-10)12(15)4-1-5-12/h2-3,6H,1,4-5,15H2. The lowest BCUT2D eigenvalue weighted by Gasteiger charge is -2.34. The van der Waals surface area contributed by atoms with Crippen molar-refractivity contribution in [2.24, 2.45) is 5.73 Å². The van der Waals surface area contributed by atoms with Gasteiger partial charge in [0.15, 0.2) is 5.82 Å². The summed E-state index contributed by atoms with van der Waals surface area (Å²) in [7, 11) is 0. The molecule has 1 fully saturated rings. The van der Waals surface area contributed by atoms with E-state index in [1.165, 1.54) is 0 Å². The Morgan fingerprint density at radius 3 is 2.83 bits per heavy atom. The van der Waals surface area contributed by atoms with Crippen LogP contribution in [-0.4, -0.2) is 10.1 Å². The second-order valence-electron chi connectivity index (χ2n) is 4.56. The third-order valence-corrected chi connectivity index (χ3v) is 4.45. The van der Waals surface area contributed by atoms with E-state index in [2.05, 4.69) is 32.7 Å². The fourth-order valence-corrected chi connectivity index (χ4v) is 2.72. The smallest absolute Gasteiger partial charge is 0.259 e. The molecule has 2 N–H and O–H groups in total. The highest BCUT2D eigenvalue weighted by Gasteiger charge is 2.39. The van der Waals surface area contributed by atoms with E-state index in [0.717, 1.165) is 28.4 Å². The molecule has 4 nitrogen and oxygen atoms in total. The average Bonchev–Trinajstić information content (AvgIpc) is 2.79. The second-order valence-corrected chi connectivity index (χ2v) is 6.16. The molecule has 1 saturated carbocycles. The van der Waals surface area contributed by atoms with Crippen LogP contribution < -0.4 is 5.73 Å². The maximum absolute atomic E-state index is 6.17. The van der Waals surface area contributed by atoms with Crippen LogP contribution >= 0.6 is 34.2 Å². The van der Waals surface area contributed by atoms with E-state index in [1.807, 2.05) is 18.2 Å². The number of hydrogen-bond acceptors (Lipinski definition) is 4. The third-order valence-electron chi connectivity index (χ3n) is 3.28. The molecule has 94 valence electrons. The molecule has 6 heteroatoms. The SMILES string of the molecule is NC1(c2noc(-c3cc(Cl)ccc3I)n2)CCC1. The molecule has 0 radical (unpaired) electrons. The normalized spacial score (nSPS) is 17.5. The first-order valence-electron chi connectivity index (χ1n) is 5.67. The highest BCUT2D eigenvalue weighted by atomic mass is 127. The molecule has 0 aliphatic heterocycles. The zero-order valence-corrected chi connectivity index (χ0v) is 12.4. The Hall–Kier alpha value is -0.660. The van der Waals surface area contributed by atoms with Gasteiger partial charge in [0.1, 0.15) is 0 Å². The van der Waals surface area contributed by atoms with Gasteiger partial charge in [0.05, 0.1) is 11.1 Å². The minimum atomic E-state index is -0.397. The Bertz CT molecular complexity index is 595. The lowest BCUT2D eigenvalue weighted by Crippen LogP contribution is -2.44. The van der Waals surface area contributed by atoms with Crippen molar-refractivity contribution in [3.8, 4) is 11.5 Å². The van der Waals surface area contributed by atoms with Gasteiger partial charge >= 0.3 is 0 Å². The summed E-state index contributed by atoms with van der Waals surface area (Å²) in [4.78, 5) is 4.41. The lowest BCUT2D eigenvalue weighted by molar-refractivity contribution is 0.229. The minimum Gasteiger partial charge on any atom is -0.334 e. The molecule has 1 heterocycles. The third kappa shape index (κ3) is 2.04. The zero-order valence-electron chi connectivity index (χ0n) is 9.49. The number of aromatic nitrogens is 2. The van der Waals surface area contributed by atoms with Crippen molar-refractivity contribution in [2.75, 3.05) is 0 Å². The summed E-state index contributed by atoms with van der Waals surface area (Å²) in [5.41, 5.74) is 6.63. The van der Waals surface area contributed by atoms with Crippen molar-refractivity contribution in [1.29, 1.82) is 0 Å². The monoisotopic (exact) mass is 375 g/mol. The number of rotatable bonds is 2. The van der Waals surface area contributed by atoms with E-state index >= 15 is 0 Å². The number of nitrogens with two attached hydrogens (primary N) is 1. The summed E-state index contributed by atoms with van der Waals surface area (Å²) in [6, 6.07) is 5.58. The van der Waals surface area contributed by atoms with Crippen LogP contribution in [0.15, 0.2) is 22.7 Å². The summed E-state index contributed by atoms with van der Waals surface area (Å²) in [5.74, 6) is 1.08. The van der Waals surface area contributed by atoms with Gasteiger partial charge in [0.2, 0.25) is 0 Å². The molecule has 0 bridgehead atoms. The molecule has 0 amide bonds. The van der Waals surface area contributed by atoms with Gasteiger partial charge in [-0.1, -0.05) is 16.8 Å². The van der Waals surface area contributed by atoms with Crippen molar-refractivity contribution in [2.45, 2.75) is 24.8 Å². The zero-order chi connectivity index (χ0) is 12.8. The van der Waals surface area contributed by atoms with Crippen LogP contribution in [0.5, 0.6) is 0 Å². The van der Waals surface area contributed by atoms with Crippen LogP contribution in [0, 0.1) is 3.57 Å². The molecular weight excluding hydrogens is 365 g/mol. The minimum absolute atomic E-state index is 0.397. The summed E-state index contributed by atoms with van der Waals surface area (Å²) >= 11 is 8.20. The predicted molar refractivity (Wildman–Crippen MR) is 77.2 cm³/mol. The molecule has 2 aromatic rings. The molecule has 1 aromatic carbocycles. The lowest BCUT2D eigenvalue weighted by atomic mass is 9.77. The van der Waals surface area contributed by atoms with Crippen molar-refractivity contribution in [3.05, 3.63) is 32.6 Å². The molecule has 1 aromatic heterocycles. The highest BCUT2D eigenvalue weighted by molar-refractivity contribution is 14.1. The van der Waals surface area contributed by atoms with Crippen molar-refractivity contribution >= 4 is 34.2 Å². The molecule has 0 spiro atoms. The van der Waals surface area contributed by atoms with E-state index in [4.69, 9.17) is 21.9 Å². The van der Waals surface area contributed by atoms with Crippen LogP contribution in [0.4, 0.5) is 0 Å². The topological polar surface area (TPSA) is 64.9 Å². The predicted octanol–water partition coefficient (Wildman–Crippen LogP) is 3.33. The van der Waals surface area contributed by atoms with Crippen LogP contribution in [0.3, 0.4) is 0 Å². The quantitative estimate of drug-likeness (QED) is 0.818.